The monoisotopic (exact) mass is 447 g/mol. The van der Waals surface area contributed by atoms with E-state index in [-0.39, 0.29) is 11.5 Å². The number of carbonyl (C=O) groups excluding carboxylic acids is 1. The van der Waals surface area contributed by atoms with E-state index in [2.05, 4.69) is 22.4 Å². The minimum Gasteiger partial charge on any atom is -0.489 e. The standard InChI is InChI=1S/C27H33N3O3/c1-3-30(4-2)26(31)23-11-10-20(17-29-23)22-16-27(12-14-28-15-13-27)33-25-21(22)6-5-7-24(25)32-18-19-8-9-19/h5-7,10-11,16-17,19,28H,3-4,8-9,12-15,18H2,1-2H3. The topological polar surface area (TPSA) is 63.7 Å². The summed E-state index contributed by atoms with van der Waals surface area (Å²) < 4.78 is 12.9. The molecule has 1 saturated heterocycles. The van der Waals surface area contributed by atoms with Gasteiger partial charge < -0.3 is 19.7 Å². The van der Waals surface area contributed by atoms with Crippen LogP contribution in [-0.2, 0) is 0 Å². The van der Waals surface area contributed by atoms with E-state index in [0.717, 1.165) is 60.7 Å². The molecule has 3 heterocycles. The van der Waals surface area contributed by atoms with Crippen LogP contribution < -0.4 is 14.8 Å². The number of ether oxygens (including phenoxy) is 2. The van der Waals surface area contributed by atoms with Gasteiger partial charge in [0.2, 0.25) is 0 Å². The maximum atomic E-state index is 12.7. The predicted octanol–water partition coefficient (Wildman–Crippen LogP) is 4.30. The number of pyridine rings is 1. The number of amides is 1. The maximum Gasteiger partial charge on any atom is 0.272 e. The lowest BCUT2D eigenvalue weighted by Crippen LogP contribution is -2.46. The van der Waals surface area contributed by atoms with Gasteiger partial charge in [0.1, 0.15) is 11.3 Å². The zero-order chi connectivity index (χ0) is 22.8. The third-order valence-corrected chi connectivity index (χ3v) is 6.95. The van der Waals surface area contributed by atoms with Gasteiger partial charge in [0.05, 0.1) is 6.61 Å². The van der Waals surface area contributed by atoms with Crippen LogP contribution in [0.15, 0.2) is 42.6 Å². The molecule has 1 aliphatic carbocycles. The van der Waals surface area contributed by atoms with E-state index in [9.17, 15) is 4.79 Å². The number of carbonyl (C=O) groups is 1. The van der Waals surface area contributed by atoms with Gasteiger partial charge in [0.25, 0.3) is 5.91 Å². The molecular formula is C27H33N3O3. The first-order valence-corrected chi connectivity index (χ1v) is 12.3. The predicted molar refractivity (Wildman–Crippen MR) is 129 cm³/mol. The highest BCUT2D eigenvalue weighted by Crippen LogP contribution is 2.47. The second-order valence-corrected chi connectivity index (χ2v) is 9.27. The number of piperidine rings is 1. The Hall–Kier alpha value is -2.86. The average molecular weight is 448 g/mol. The molecule has 6 nitrogen and oxygen atoms in total. The second kappa shape index (κ2) is 9.18. The first kappa shape index (κ1) is 22.0. The minimum absolute atomic E-state index is 0.0292. The molecule has 0 atom stereocenters. The van der Waals surface area contributed by atoms with Gasteiger partial charge in [-0.05, 0) is 69.5 Å². The summed E-state index contributed by atoms with van der Waals surface area (Å²) in [5.74, 6) is 2.30. The smallest absolute Gasteiger partial charge is 0.272 e. The molecule has 1 aromatic carbocycles. The number of hydrogen-bond acceptors (Lipinski definition) is 5. The Morgan fingerprint density at radius 3 is 2.64 bits per heavy atom. The van der Waals surface area contributed by atoms with E-state index >= 15 is 0 Å². The number of fused-ring (bicyclic) bond motifs is 1. The summed E-state index contributed by atoms with van der Waals surface area (Å²) in [6, 6.07) is 9.99. The van der Waals surface area contributed by atoms with Crippen LogP contribution in [0, 0.1) is 5.92 Å². The van der Waals surface area contributed by atoms with Gasteiger partial charge >= 0.3 is 0 Å². The van der Waals surface area contributed by atoms with Crippen LogP contribution in [0.4, 0.5) is 0 Å². The molecule has 6 heteroatoms. The minimum atomic E-state index is -0.359. The highest BCUT2D eigenvalue weighted by molar-refractivity contribution is 5.93. The molecule has 3 aliphatic rings. The normalized spacial score (nSPS) is 18.8. The molecule has 1 saturated carbocycles. The van der Waals surface area contributed by atoms with E-state index < -0.39 is 0 Å². The van der Waals surface area contributed by atoms with E-state index in [4.69, 9.17) is 9.47 Å². The Balaban J connectivity index is 1.51. The molecule has 2 fully saturated rings. The molecule has 0 unspecified atom stereocenters. The van der Waals surface area contributed by atoms with Crippen molar-refractivity contribution in [2.45, 2.75) is 45.1 Å². The number of rotatable bonds is 7. The van der Waals surface area contributed by atoms with Gasteiger partial charge in [-0.2, -0.15) is 0 Å². The summed E-state index contributed by atoms with van der Waals surface area (Å²) in [5, 5.41) is 3.44. The highest BCUT2D eigenvalue weighted by atomic mass is 16.5. The van der Waals surface area contributed by atoms with Crippen molar-refractivity contribution >= 4 is 11.5 Å². The second-order valence-electron chi connectivity index (χ2n) is 9.27. The Labute approximate surface area is 196 Å². The quantitative estimate of drug-likeness (QED) is 0.686. The summed E-state index contributed by atoms with van der Waals surface area (Å²) in [6.07, 6.45) is 8.40. The molecule has 1 aromatic heterocycles. The molecule has 0 bridgehead atoms. The molecule has 33 heavy (non-hydrogen) atoms. The number of para-hydroxylation sites is 1. The molecule has 1 N–H and O–H groups in total. The number of nitrogens with zero attached hydrogens (tertiary/aromatic N) is 2. The van der Waals surface area contributed by atoms with Crippen LogP contribution in [0.3, 0.4) is 0 Å². The largest absolute Gasteiger partial charge is 0.489 e. The van der Waals surface area contributed by atoms with Crippen molar-refractivity contribution in [1.29, 1.82) is 0 Å². The van der Waals surface area contributed by atoms with Crippen molar-refractivity contribution < 1.29 is 14.3 Å². The molecule has 5 rings (SSSR count). The maximum absolute atomic E-state index is 12.7. The van der Waals surface area contributed by atoms with Gasteiger partial charge in [-0.1, -0.05) is 18.2 Å². The van der Waals surface area contributed by atoms with Crippen LogP contribution >= 0.6 is 0 Å². The summed E-state index contributed by atoms with van der Waals surface area (Å²) in [4.78, 5) is 19.1. The molecule has 2 aliphatic heterocycles. The van der Waals surface area contributed by atoms with Gasteiger partial charge in [-0.3, -0.25) is 9.78 Å². The van der Waals surface area contributed by atoms with Crippen molar-refractivity contribution in [2.75, 3.05) is 32.8 Å². The summed E-state index contributed by atoms with van der Waals surface area (Å²) in [7, 11) is 0. The Kier molecular flexibility index (Phi) is 6.11. The third-order valence-electron chi connectivity index (χ3n) is 6.95. The average Bonchev–Trinajstić information content (AvgIpc) is 3.68. The molecule has 1 spiro atoms. The molecule has 174 valence electrons. The zero-order valence-corrected chi connectivity index (χ0v) is 19.6. The highest BCUT2D eigenvalue weighted by Gasteiger charge is 2.38. The van der Waals surface area contributed by atoms with Gasteiger partial charge in [-0.25, -0.2) is 0 Å². The van der Waals surface area contributed by atoms with Crippen molar-refractivity contribution in [3.8, 4) is 11.5 Å². The fourth-order valence-corrected chi connectivity index (χ4v) is 4.70. The number of nitrogens with one attached hydrogen (secondary N) is 1. The number of hydrogen-bond donors (Lipinski definition) is 1. The molecule has 0 radical (unpaired) electrons. The molecule has 2 aromatic rings. The van der Waals surface area contributed by atoms with Crippen LogP contribution in [0.25, 0.3) is 5.57 Å². The fraction of sp³-hybridized carbons (Fsp3) is 0.481. The third kappa shape index (κ3) is 4.49. The van der Waals surface area contributed by atoms with Gasteiger partial charge in [0.15, 0.2) is 11.5 Å². The van der Waals surface area contributed by atoms with Crippen molar-refractivity contribution in [3.05, 3.63) is 59.4 Å². The summed E-state index contributed by atoms with van der Waals surface area (Å²) >= 11 is 0. The summed E-state index contributed by atoms with van der Waals surface area (Å²) in [6.45, 7) is 7.90. The van der Waals surface area contributed by atoms with Gasteiger partial charge in [-0.15, -0.1) is 0 Å². The van der Waals surface area contributed by atoms with Crippen LogP contribution in [0.1, 0.15) is 61.1 Å². The van der Waals surface area contributed by atoms with E-state index in [1.165, 1.54) is 12.8 Å². The lowest BCUT2D eigenvalue weighted by atomic mass is 9.83. The van der Waals surface area contributed by atoms with E-state index in [0.29, 0.717) is 24.7 Å². The van der Waals surface area contributed by atoms with Crippen LogP contribution in [0.2, 0.25) is 0 Å². The van der Waals surface area contributed by atoms with Crippen molar-refractivity contribution in [1.82, 2.24) is 15.2 Å². The molecule has 1 amide bonds. The summed E-state index contributed by atoms with van der Waals surface area (Å²) in [5.41, 5.74) is 3.24. The van der Waals surface area contributed by atoms with Crippen LogP contribution in [0.5, 0.6) is 11.5 Å². The van der Waals surface area contributed by atoms with Gasteiger partial charge in [0, 0.05) is 43.3 Å². The van der Waals surface area contributed by atoms with E-state index in [1.54, 1.807) is 4.90 Å². The lowest BCUT2D eigenvalue weighted by Gasteiger charge is -2.40. The van der Waals surface area contributed by atoms with Crippen LogP contribution in [-0.4, -0.2) is 54.2 Å². The Morgan fingerprint density at radius 1 is 1.18 bits per heavy atom. The van der Waals surface area contributed by atoms with Crippen molar-refractivity contribution in [3.63, 3.8) is 0 Å². The fourth-order valence-electron chi connectivity index (χ4n) is 4.70. The number of aromatic nitrogens is 1. The number of benzene rings is 1. The zero-order valence-electron chi connectivity index (χ0n) is 19.6. The first-order chi connectivity index (χ1) is 16.1. The lowest BCUT2D eigenvalue weighted by molar-refractivity contribution is 0.0762. The van der Waals surface area contributed by atoms with E-state index in [1.807, 2.05) is 44.3 Å². The Morgan fingerprint density at radius 2 is 1.97 bits per heavy atom. The van der Waals surface area contributed by atoms with Crippen molar-refractivity contribution in [2.24, 2.45) is 5.92 Å². The Bertz CT molecular complexity index is 1030. The molecular weight excluding hydrogens is 414 g/mol. The first-order valence-electron chi connectivity index (χ1n) is 12.3. The SMILES string of the molecule is CCN(CC)C(=O)c1ccc(C2=CC3(CCNCC3)Oc3c(OCC4CC4)cccc32)cn1.